The van der Waals surface area contributed by atoms with Crippen LogP contribution in [0.5, 0.6) is 0 Å². The van der Waals surface area contributed by atoms with Gasteiger partial charge in [0.1, 0.15) is 17.7 Å². The molecule has 1 aromatic rings. The summed E-state index contributed by atoms with van der Waals surface area (Å²) in [6.45, 7) is 5.54. The molecule has 8 heteroatoms. The molecule has 0 bridgehead atoms. The zero-order valence-electron chi connectivity index (χ0n) is 12.6. The van der Waals surface area contributed by atoms with Crippen molar-refractivity contribution in [3.63, 3.8) is 0 Å². The van der Waals surface area contributed by atoms with Crippen LogP contribution < -0.4 is 10.6 Å². The predicted molar refractivity (Wildman–Crippen MR) is 83.2 cm³/mol. The lowest BCUT2D eigenvalue weighted by atomic mass is 10.0. The van der Waals surface area contributed by atoms with Gasteiger partial charge in [-0.1, -0.05) is 13.8 Å². The molecule has 0 spiro atoms. The molecule has 118 valence electrons. The number of nitriles is 1. The van der Waals surface area contributed by atoms with Gasteiger partial charge in [-0.05, 0) is 19.3 Å². The first-order chi connectivity index (χ1) is 10.3. The fourth-order valence-electron chi connectivity index (χ4n) is 1.63. The summed E-state index contributed by atoms with van der Waals surface area (Å²) >= 11 is 1.34. The number of aryl methyl sites for hydroxylation is 1. The minimum atomic E-state index is -1.12. The number of hydrogen-bond acceptors (Lipinski definition) is 6. The van der Waals surface area contributed by atoms with Crippen LogP contribution in [0.1, 0.15) is 26.0 Å². The quantitative estimate of drug-likeness (QED) is 0.521. The zero-order chi connectivity index (χ0) is 16.7. The summed E-state index contributed by atoms with van der Waals surface area (Å²) in [4.78, 5) is 27.2. The van der Waals surface area contributed by atoms with Gasteiger partial charge in [0.15, 0.2) is 5.13 Å². The lowest BCUT2D eigenvalue weighted by molar-refractivity contribution is -0.141. The van der Waals surface area contributed by atoms with Crippen molar-refractivity contribution < 1.29 is 14.7 Å². The van der Waals surface area contributed by atoms with E-state index in [1.54, 1.807) is 6.07 Å². The lowest BCUT2D eigenvalue weighted by Gasteiger charge is -2.16. The van der Waals surface area contributed by atoms with Crippen molar-refractivity contribution >= 4 is 28.3 Å². The van der Waals surface area contributed by atoms with E-state index >= 15 is 0 Å². The van der Waals surface area contributed by atoms with E-state index in [2.05, 4.69) is 15.6 Å². The number of amides is 1. The third kappa shape index (κ3) is 5.54. The summed E-state index contributed by atoms with van der Waals surface area (Å²) in [5, 5.41) is 25.6. The van der Waals surface area contributed by atoms with Gasteiger partial charge in [-0.15, -0.1) is 11.3 Å². The number of nitrogens with zero attached hydrogens (tertiary/aromatic N) is 2. The second kappa shape index (κ2) is 8.14. The van der Waals surface area contributed by atoms with E-state index in [4.69, 9.17) is 10.4 Å². The largest absolute Gasteiger partial charge is 0.480 e. The summed E-state index contributed by atoms with van der Waals surface area (Å²) in [7, 11) is 0. The molecule has 1 unspecified atom stereocenters. The van der Waals surface area contributed by atoms with Crippen LogP contribution in [-0.4, -0.2) is 28.0 Å². The summed E-state index contributed by atoms with van der Waals surface area (Å²) in [5.41, 5.74) is 0.620. The molecule has 1 atom stereocenters. The SMILES string of the molecule is Cc1csc(N/C=C(/C#N)C(=O)NC(CC(C)C)C(=O)O)n1. The number of carbonyl (C=O) groups is 2. The molecular weight excluding hydrogens is 304 g/mol. The highest BCUT2D eigenvalue weighted by Gasteiger charge is 2.22. The third-order valence-corrected chi connectivity index (χ3v) is 3.53. The van der Waals surface area contributed by atoms with Crippen LogP contribution in [0.3, 0.4) is 0 Å². The molecule has 3 N–H and O–H groups in total. The number of hydrogen-bond donors (Lipinski definition) is 3. The molecule has 0 aliphatic carbocycles. The minimum Gasteiger partial charge on any atom is -0.480 e. The van der Waals surface area contributed by atoms with Crippen molar-refractivity contribution in [2.45, 2.75) is 33.2 Å². The van der Waals surface area contributed by atoms with Crippen LogP contribution in [0.25, 0.3) is 0 Å². The predicted octanol–water partition coefficient (Wildman–Crippen LogP) is 1.89. The molecule has 1 aromatic heterocycles. The van der Waals surface area contributed by atoms with E-state index in [-0.39, 0.29) is 11.5 Å². The van der Waals surface area contributed by atoms with Crippen LogP contribution in [0.15, 0.2) is 17.2 Å². The smallest absolute Gasteiger partial charge is 0.326 e. The molecule has 0 fully saturated rings. The number of rotatable bonds is 7. The molecule has 0 radical (unpaired) electrons. The van der Waals surface area contributed by atoms with Gasteiger partial charge in [0.2, 0.25) is 0 Å². The first-order valence-electron chi connectivity index (χ1n) is 6.66. The highest BCUT2D eigenvalue weighted by molar-refractivity contribution is 7.13. The molecule has 7 nitrogen and oxygen atoms in total. The van der Waals surface area contributed by atoms with Crippen LogP contribution in [0.2, 0.25) is 0 Å². The summed E-state index contributed by atoms with van der Waals surface area (Å²) in [6, 6.07) is 0.725. The number of nitrogens with one attached hydrogen (secondary N) is 2. The van der Waals surface area contributed by atoms with E-state index in [0.29, 0.717) is 11.6 Å². The van der Waals surface area contributed by atoms with E-state index in [1.165, 1.54) is 17.5 Å². The van der Waals surface area contributed by atoms with Gasteiger partial charge in [-0.3, -0.25) is 4.79 Å². The minimum absolute atomic E-state index is 0.104. The van der Waals surface area contributed by atoms with Gasteiger partial charge in [0.25, 0.3) is 5.91 Å². The van der Waals surface area contributed by atoms with Crippen LogP contribution in [0.4, 0.5) is 5.13 Å². The normalized spacial score (nSPS) is 12.6. The van der Waals surface area contributed by atoms with Gasteiger partial charge in [0.05, 0.1) is 5.69 Å². The Morgan fingerprint density at radius 1 is 1.55 bits per heavy atom. The van der Waals surface area contributed by atoms with E-state index < -0.39 is 17.9 Å². The van der Waals surface area contributed by atoms with Crippen molar-refractivity contribution in [2.75, 3.05) is 5.32 Å². The Labute approximate surface area is 132 Å². The number of thiazole rings is 1. The zero-order valence-corrected chi connectivity index (χ0v) is 13.4. The number of aromatic nitrogens is 1. The highest BCUT2D eigenvalue weighted by atomic mass is 32.1. The number of carboxylic acids is 1. The van der Waals surface area contributed by atoms with Crippen LogP contribution in [-0.2, 0) is 9.59 Å². The average Bonchev–Trinajstić information content (AvgIpc) is 2.83. The van der Waals surface area contributed by atoms with Crippen LogP contribution >= 0.6 is 11.3 Å². The van der Waals surface area contributed by atoms with Crippen molar-refractivity contribution in [2.24, 2.45) is 5.92 Å². The fourth-order valence-corrected chi connectivity index (χ4v) is 2.29. The number of carbonyl (C=O) groups excluding carboxylic acids is 1. The first kappa shape index (κ1) is 17.7. The molecular formula is C14H18N4O3S. The second-order valence-electron chi connectivity index (χ2n) is 5.10. The fraction of sp³-hybridized carbons (Fsp3) is 0.429. The molecule has 1 amide bonds. The Morgan fingerprint density at radius 2 is 2.23 bits per heavy atom. The highest BCUT2D eigenvalue weighted by Crippen LogP contribution is 2.14. The summed E-state index contributed by atoms with van der Waals surface area (Å²) in [6.07, 6.45) is 1.51. The van der Waals surface area contributed by atoms with Crippen molar-refractivity contribution in [1.82, 2.24) is 10.3 Å². The van der Waals surface area contributed by atoms with Crippen molar-refractivity contribution in [1.29, 1.82) is 5.26 Å². The Kier molecular flexibility index (Phi) is 6.53. The Hall–Kier alpha value is -2.40. The molecule has 22 heavy (non-hydrogen) atoms. The lowest BCUT2D eigenvalue weighted by Crippen LogP contribution is -2.42. The average molecular weight is 322 g/mol. The number of anilines is 1. The molecule has 1 heterocycles. The Balaban J connectivity index is 2.74. The molecule has 1 rings (SSSR count). The third-order valence-electron chi connectivity index (χ3n) is 2.63. The van der Waals surface area contributed by atoms with Gasteiger partial charge in [-0.25, -0.2) is 9.78 Å². The molecule has 0 aliphatic rings. The second-order valence-corrected chi connectivity index (χ2v) is 5.96. The standard InChI is InChI=1S/C14H18N4O3S/c1-8(2)4-11(13(20)21)18-12(19)10(5-15)6-16-14-17-9(3)7-22-14/h6-8,11H,4H2,1-3H3,(H,16,17)(H,18,19)(H,20,21)/b10-6-. The summed E-state index contributed by atoms with van der Waals surface area (Å²) in [5.74, 6) is -1.74. The number of aliphatic carboxylic acids is 1. The first-order valence-corrected chi connectivity index (χ1v) is 7.54. The molecule has 0 saturated heterocycles. The number of carboxylic acid groups (broad SMARTS) is 1. The topological polar surface area (TPSA) is 115 Å². The van der Waals surface area contributed by atoms with Crippen molar-refractivity contribution in [3.05, 3.63) is 22.8 Å². The van der Waals surface area contributed by atoms with Crippen LogP contribution in [0, 0.1) is 24.2 Å². The monoisotopic (exact) mass is 322 g/mol. The van der Waals surface area contributed by atoms with Gasteiger partial charge >= 0.3 is 5.97 Å². The molecule has 0 aliphatic heterocycles. The molecule has 0 saturated carbocycles. The van der Waals surface area contributed by atoms with E-state index in [9.17, 15) is 9.59 Å². The maximum atomic E-state index is 12.0. The molecule has 0 aromatic carbocycles. The van der Waals surface area contributed by atoms with Gasteiger partial charge in [0, 0.05) is 11.6 Å². The van der Waals surface area contributed by atoms with E-state index in [1.807, 2.05) is 26.2 Å². The van der Waals surface area contributed by atoms with Crippen molar-refractivity contribution in [3.8, 4) is 6.07 Å². The Bertz CT molecular complexity index is 616. The van der Waals surface area contributed by atoms with Gasteiger partial charge in [-0.2, -0.15) is 5.26 Å². The van der Waals surface area contributed by atoms with E-state index in [0.717, 1.165) is 5.69 Å². The Morgan fingerprint density at radius 3 is 2.68 bits per heavy atom. The summed E-state index contributed by atoms with van der Waals surface area (Å²) < 4.78 is 0. The van der Waals surface area contributed by atoms with Gasteiger partial charge < -0.3 is 15.7 Å². The maximum absolute atomic E-state index is 12.0. The maximum Gasteiger partial charge on any atom is 0.326 e.